The lowest BCUT2D eigenvalue weighted by molar-refractivity contribution is -0.129. The first-order valence-corrected chi connectivity index (χ1v) is 7.96. The van der Waals surface area contributed by atoms with Gasteiger partial charge in [-0.25, -0.2) is 4.79 Å². The number of rotatable bonds is 4. The van der Waals surface area contributed by atoms with Gasteiger partial charge in [0.1, 0.15) is 5.92 Å². The van der Waals surface area contributed by atoms with E-state index in [1.54, 1.807) is 29.2 Å². The summed E-state index contributed by atoms with van der Waals surface area (Å²) in [7, 11) is 1.28. The van der Waals surface area contributed by atoms with Crippen LogP contribution in [-0.4, -0.2) is 31.4 Å². The lowest BCUT2D eigenvalue weighted by Crippen LogP contribution is -2.33. The number of nitrogens with one attached hydrogen (secondary N) is 1. The molecular weight excluding hydrogens is 320 g/mol. The van der Waals surface area contributed by atoms with Gasteiger partial charge in [0.2, 0.25) is 11.8 Å². The van der Waals surface area contributed by atoms with Crippen LogP contribution in [0.1, 0.15) is 16.8 Å². The zero-order chi connectivity index (χ0) is 17.8. The van der Waals surface area contributed by atoms with Gasteiger partial charge in [0.05, 0.1) is 18.4 Å². The third-order valence-corrected chi connectivity index (χ3v) is 4.18. The second-order valence-corrected chi connectivity index (χ2v) is 5.69. The third kappa shape index (κ3) is 3.38. The van der Waals surface area contributed by atoms with Crippen LogP contribution in [0.5, 0.6) is 0 Å². The van der Waals surface area contributed by atoms with Crippen molar-refractivity contribution < 1.29 is 19.1 Å². The second kappa shape index (κ2) is 7.17. The van der Waals surface area contributed by atoms with Crippen molar-refractivity contribution in [2.24, 2.45) is 5.92 Å². The maximum Gasteiger partial charge on any atom is 0.339 e. The van der Waals surface area contributed by atoms with E-state index in [0.717, 1.165) is 5.69 Å². The molecule has 6 nitrogen and oxygen atoms in total. The van der Waals surface area contributed by atoms with Crippen LogP contribution in [0, 0.1) is 5.92 Å². The molecule has 1 aliphatic heterocycles. The molecule has 3 rings (SSSR count). The van der Waals surface area contributed by atoms with Gasteiger partial charge in [0.15, 0.2) is 0 Å². The van der Waals surface area contributed by atoms with E-state index in [-0.39, 0.29) is 11.5 Å². The Labute approximate surface area is 145 Å². The summed E-state index contributed by atoms with van der Waals surface area (Å²) < 4.78 is 4.71. The van der Waals surface area contributed by atoms with Crippen LogP contribution in [0.3, 0.4) is 0 Å². The Morgan fingerprint density at radius 3 is 2.48 bits per heavy atom. The maximum atomic E-state index is 12.6. The normalized spacial score (nSPS) is 16.6. The molecule has 0 saturated carbocycles. The highest BCUT2D eigenvalue weighted by Gasteiger charge is 2.37. The van der Waals surface area contributed by atoms with E-state index in [1.807, 2.05) is 30.3 Å². The van der Waals surface area contributed by atoms with Gasteiger partial charge >= 0.3 is 5.97 Å². The van der Waals surface area contributed by atoms with E-state index in [0.29, 0.717) is 18.7 Å². The van der Waals surface area contributed by atoms with Gasteiger partial charge in [-0.2, -0.15) is 0 Å². The molecule has 25 heavy (non-hydrogen) atoms. The number of benzene rings is 2. The Balaban J connectivity index is 1.75. The first-order valence-electron chi connectivity index (χ1n) is 7.96. The topological polar surface area (TPSA) is 75.7 Å². The number of carbonyl (C=O) groups is 3. The van der Waals surface area contributed by atoms with E-state index < -0.39 is 17.8 Å². The standard InChI is InChI=1S/C19H18N2O4/c1-25-19(24)14-9-5-6-10-16(14)20-17(22)15-11-12-21(18(15)23)13-7-3-2-4-8-13/h2-10,15H,11-12H2,1H3,(H,20,22). The molecule has 1 N–H and O–H groups in total. The van der Waals surface area contributed by atoms with Gasteiger partial charge in [-0.15, -0.1) is 0 Å². The van der Waals surface area contributed by atoms with E-state index in [1.165, 1.54) is 7.11 Å². The summed E-state index contributed by atoms with van der Waals surface area (Å²) in [6, 6.07) is 15.8. The predicted molar refractivity (Wildman–Crippen MR) is 93.3 cm³/mol. The fourth-order valence-electron chi connectivity index (χ4n) is 2.89. The number of nitrogens with zero attached hydrogens (tertiary/aromatic N) is 1. The van der Waals surface area contributed by atoms with Crippen molar-refractivity contribution >= 4 is 29.2 Å². The highest BCUT2D eigenvalue weighted by Crippen LogP contribution is 2.26. The molecule has 1 unspecified atom stereocenters. The van der Waals surface area contributed by atoms with Crippen LogP contribution >= 0.6 is 0 Å². The maximum absolute atomic E-state index is 12.6. The molecule has 2 aromatic carbocycles. The summed E-state index contributed by atoms with van der Waals surface area (Å²) in [5.41, 5.74) is 1.37. The number of para-hydroxylation sites is 2. The molecule has 2 amide bonds. The number of hydrogen-bond donors (Lipinski definition) is 1. The number of esters is 1. The van der Waals surface area contributed by atoms with Crippen molar-refractivity contribution in [1.29, 1.82) is 0 Å². The molecule has 128 valence electrons. The van der Waals surface area contributed by atoms with Gasteiger partial charge in [-0.05, 0) is 30.7 Å². The van der Waals surface area contributed by atoms with Crippen LogP contribution in [0.2, 0.25) is 0 Å². The van der Waals surface area contributed by atoms with Crippen LogP contribution in [0.4, 0.5) is 11.4 Å². The Morgan fingerprint density at radius 1 is 1.08 bits per heavy atom. The molecule has 0 aliphatic carbocycles. The minimum atomic E-state index is -0.772. The van der Waals surface area contributed by atoms with Crippen LogP contribution in [0.25, 0.3) is 0 Å². The molecule has 0 radical (unpaired) electrons. The molecule has 0 spiro atoms. The summed E-state index contributed by atoms with van der Waals surface area (Å²) in [6.07, 6.45) is 0.431. The number of carbonyl (C=O) groups excluding carboxylic acids is 3. The molecule has 1 atom stereocenters. The van der Waals surface area contributed by atoms with E-state index >= 15 is 0 Å². The quantitative estimate of drug-likeness (QED) is 0.686. The Bertz CT molecular complexity index is 804. The fourth-order valence-corrected chi connectivity index (χ4v) is 2.89. The smallest absolute Gasteiger partial charge is 0.339 e. The minimum Gasteiger partial charge on any atom is -0.465 e. The number of amides is 2. The van der Waals surface area contributed by atoms with Crippen molar-refractivity contribution in [2.75, 3.05) is 23.9 Å². The summed E-state index contributed by atoms with van der Waals surface area (Å²) in [4.78, 5) is 38.5. The Kier molecular flexibility index (Phi) is 4.79. The van der Waals surface area contributed by atoms with Crippen molar-refractivity contribution in [3.63, 3.8) is 0 Å². The first-order chi connectivity index (χ1) is 12.1. The largest absolute Gasteiger partial charge is 0.465 e. The highest BCUT2D eigenvalue weighted by molar-refractivity contribution is 6.14. The van der Waals surface area contributed by atoms with Gasteiger partial charge in [-0.1, -0.05) is 30.3 Å². The zero-order valence-corrected chi connectivity index (χ0v) is 13.8. The molecule has 1 heterocycles. The number of methoxy groups -OCH3 is 1. The molecule has 6 heteroatoms. The Morgan fingerprint density at radius 2 is 1.76 bits per heavy atom. The predicted octanol–water partition coefficient (Wildman–Crippen LogP) is 2.46. The monoisotopic (exact) mass is 338 g/mol. The lowest BCUT2D eigenvalue weighted by Gasteiger charge is -2.17. The van der Waals surface area contributed by atoms with E-state index in [2.05, 4.69) is 5.32 Å². The van der Waals surface area contributed by atoms with Gasteiger partial charge in [0, 0.05) is 12.2 Å². The number of anilines is 2. The molecule has 0 aromatic heterocycles. The average Bonchev–Trinajstić information content (AvgIpc) is 3.04. The molecule has 1 aliphatic rings. The van der Waals surface area contributed by atoms with Crippen molar-refractivity contribution in [3.05, 3.63) is 60.2 Å². The zero-order valence-electron chi connectivity index (χ0n) is 13.8. The molecular formula is C19H18N2O4. The second-order valence-electron chi connectivity index (χ2n) is 5.69. The highest BCUT2D eigenvalue weighted by atomic mass is 16.5. The number of hydrogen-bond acceptors (Lipinski definition) is 4. The molecule has 1 fully saturated rings. The van der Waals surface area contributed by atoms with Crippen LogP contribution in [0.15, 0.2) is 54.6 Å². The SMILES string of the molecule is COC(=O)c1ccccc1NC(=O)C1CCN(c2ccccc2)C1=O. The summed E-state index contributed by atoms with van der Waals surface area (Å²) in [5.74, 6) is -1.97. The van der Waals surface area contributed by atoms with Crippen molar-refractivity contribution in [2.45, 2.75) is 6.42 Å². The Hall–Kier alpha value is -3.15. The lowest BCUT2D eigenvalue weighted by atomic mass is 10.1. The van der Waals surface area contributed by atoms with Gasteiger partial charge in [0.25, 0.3) is 0 Å². The van der Waals surface area contributed by atoms with Gasteiger partial charge < -0.3 is 15.0 Å². The molecule has 2 aromatic rings. The minimum absolute atomic E-state index is 0.237. The van der Waals surface area contributed by atoms with E-state index in [4.69, 9.17) is 4.74 Å². The first kappa shape index (κ1) is 16.7. The summed E-state index contributed by atoms with van der Waals surface area (Å²) in [6.45, 7) is 0.486. The van der Waals surface area contributed by atoms with Crippen LogP contribution in [-0.2, 0) is 14.3 Å². The van der Waals surface area contributed by atoms with Crippen LogP contribution < -0.4 is 10.2 Å². The molecule has 0 bridgehead atoms. The van der Waals surface area contributed by atoms with E-state index in [9.17, 15) is 14.4 Å². The molecule has 1 saturated heterocycles. The van der Waals surface area contributed by atoms with Crippen molar-refractivity contribution in [1.82, 2.24) is 0 Å². The average molecular weight is 338 g/mol. The number of ether oxygens (including phenoxy) is 1. The third-order valence-electron chi connectivity index (χ3n) is 4.18. The summed E-state index contributed by atoms with van der Waals surface area (Å²) in [5, 5.41) is 2.68. The summed E-state index contributed by atoms with van der Waals surface area (Å²) >= 11 is 0. The van der Waals surface area contributed by atoms with Gasteiger partial charge in [-0.3, -0.25) is 9.59 Å². The fraction of sp³-hybridized carbons (Fsp3) is 0.211. The van der Waals surface area contributed by atoms with Crippen molar-refractivity contribution in [3.8, 4) is 0 Å².